The Labute approximate surface area is 408 Å². The number of carbonyl (C=O) groups excluding carboxylic acids is 3. The highest BCUT2D eigenvalue weighted by molar-refractivity contribution is 5.86. The van der Waals surface area contributed by atoms with E-state index in [1.807, 2.05) is 30.6 Å². The number of fused-ring (bicyclic) bond motifs is 2. The zero-order valence-corrected chi connectivity index (χ0v) is 41.5. The molecular weight excluding hydrogens is 873 g/mol. The summed E-state index contributed by atoms with van der Waals surface area (Å²) in [5.41, 5.74) is 3.52. The molecule has 4 aliphatic heterocycles. The lowest BCUT2D eigenvalue weighted by Crippen LogP contribution is -2.53. The second kappa shape index (κ2) is 18.8. The molecule has 6 heterocycles. The van der Waals surface area contributed by atoms with Crippen LogP contribution in [0.4, 0.5) is 16.4 Å². The highest BCUT2D eigenvalue weighted by atomic mass is 16.6. The van der Waals surface area contributed by atoms with Crippen molar-refractivity contribution in [3.8, 4) is 0 Å². The molecule has 2 unspecified atom stereocenters. The SMILES string of the molecule is CC(C)(C)OC(=O)N1CCC[C@@H]1C(=O)N1CCc2c(ncnc2NCC(O)C23CC4CC(CC(C4)C2)C3)C1.O=C([C@H]1CCCN1)N1CCc2c(ncnc2NCC(O)C23CC4CC(CC(C4)C2)C3)C1. The molecule has 0 spiro atoms. The first-order valence-corrected chi connectivity index (χ1v) is 27.0. The molecule has 69 heavy (non-hydrogen) atoms. The van der Waals surface area contributed by atoms with Crippen molar-refractivity contribution in [2.45, 2.75) is 179 Å². The monoisotopic (exact) mass is 951 g/mol. The van der Waals surface area contributed by atoms with Crippen LogP contribution in [0.15, 0.2) is 12.7 Å². The van der Waals surface area contributed by atoms with Gasteiger partial charge in [0.2, 0.25) is 11.8 Å². The third-order valence-electron chi connectivity index (χ3n) is 18.7. The summed E-state index contributed by atoms with van der Waals surface area (Å²) < 4.78 is 5.55. The average molecular weight is 951 g/mol. The minimum atomic E-state index is -0.596. The largest absolute Gasteiger partial charge is 0.444 e. The van der Waals surface area contributed by atoms with E-state index in [9.17, 15) is 24.6 Å². The van der Waals surface area contributed by atoms with E-state index in [2.05, 4.69) is 35.9 Å². The Morgan fingerprint density at radius 3 is 1.58 bits per heavy atom. The summed E-state index contributed by atoms with van der Waals surface area (Å²) in [5.74, 6) is 6.72. The number of ether oxygens (including phenoxy) is 1. The van der Waals surface area contributed by atoms with Gasteiger partial charge >= 0.3 is 6.09 Å². The van der Waals surface area contributed by atoms with Crippen molar-refractivity contribution < 1.29 is 29.3 Å². The zero-order valence-electron chi connectivity index (χ0n) is 41.5. The summed E-state index contributed by atoms with van der Waals surface area (Å²) in [4.78, 5) is 62.4. The fourth-order valence-corrected chi connectivity index (χ4v) is 16.3. The van der Waals surface area contributed by atoms with Crippen LogP contribution in [-0.2, 0) is 40.3 Å². The van der Waals surface area contributed by atoms with Crippen LogP contribution >= 0.6 is 0 Å². The van der Waals surface area contributed by atoms with E-state index >= 15 is 0 Å². The summed E-state index contributed by atoms with van der Waals surface area (Å²) >= 11 is 0. The molecule has 14 rings (SSSR count). The van der Waals surface area contributed by atoms with E-state index in [1.54, 1.807) is 17.6 Å². The molecule has 10 fully saturated rings. The molecule has 8 bridgehead atoms. The van der Waals surface area contributed by atoms with Crippen LogP contribution in [-0.4, -0.2) is 132 Å². The lowest BCUT2D eigenvalue weighted by molar-refractivity contribution is -0.137. The number of hydrogen-bond acceptors (Lipinski definition) is 13. The number of nitrogens with zero attached hydrogens (tertiary/aromatic N) is 7. The van der Waals surface area contributed by atoms with E-state index in [1.165, 1.54) is 77.0 Å². The molecule has 3 amide bonds. The zero-order chi connectivity index (χ0) is 47.7. The van der Waals surface area contributed by atoms with Crippen molar-refractivity contribution in [3.63, 3.8) is 0 Å². The minimum Gasteiger partial charge on any atom is -0.444 e. The number of nitrogens with one attached hydrogen (secondary N) is 3. The topological polar surface area (TPSA) is 198 Å². The van der Waals surface area contributed by atoms with Gasteiger partial charge in [0, 0.05) is 43.9 Å². The maximum Gasteiger partial charge on any atom is 0.410 e. The fourth-order valence-electron chi connectivity index (χ4n) is 16.3. The molecule has 16 nitrogen and oxygen atoms in total. The number of aliphatic hydroxyl groups is 2. The quantitative estimate of drug-likeness (QED) is 0.190. The van der Waals surface area contributed by atoms with Gasteiger partial charge in [-0.3, -0.25) is 14.5 Å². The van der Waals surface area contributed by atoms with Crippen molar-refractivity contribution in [2.75, 3.05) is 49.9 Å². The van der Waals surface area contributed by atoms with E-state index < -0.39 is 17.7 Å². The van der Waals surface area contributed by atoms with Crippen molar-refractivity contribution in [3.05, 3.63) is 35.2 Å². The number of aromatic nitrogens is 4. The van der Waals surface area contributed by atoms with Gasteiger partial charge in [0.25, 0.3) is 0 Å². The molecule has 16 heteroatoms. The van der Waals surface area contributed by atoms with E-state index in [4.69, 9.17) is 4.74 Å². The maximum absolute atomic E-state index is 13.5. The predicted molar refractivity (Wildman–Crippen MR) is 259 cm³/mol. The normalized spacial score (nSPS) is 34.7. The standard InChI is InChI=1S/C29H43N5O4.C24H35N5O2/c1-28(2,3)38-27(37)34-7-4-5-23(34)26(36)33-8-6-21-22(16-33)31-17-32-25(21)30-15-24(35)29-12-18-9-19(13-29)11-20(10-18)14-29;30-21(24-9-15-6-16(10-24)8-17(7-15)11-24)12-26-22-18-3-5-29(13-20(18)27-14-28-22)23(31)19-2-1-4-25-19/h17-20,23-24,35H,4-16H2,1-3H3,(H,30,31,32);14-17,19,21,25,30H,1-13H2,(H,26,27,28)/t18?,19?,20?,23-,24?,29?;15?,16?,17?,19-,21?,24?/m11/s1. The average Bonchev–Trinajstić information content (AvgIpc) is 4.05. The Hall–Kier alpha value is -4.15. The molecule has 0 aromatic carbocycles. The highest BCUT2D eigenvalue weighted by Gasteiger charge is 2.55. The van der Waals surface area contributed by atoms with Crippen LogP contribution in [0.2, 0.25) is 0 Å². The Bertz CT molecular complexity index is 2170. The first kappa shape index (κ1) is 47.2. The molecule has 376 valence electrons. The van der Waals surface area contributed by atoms with E-state index in [0.29, 0.717) is 58.7 Å². The molecule has 4 atom stereocenters. The first-order valence-electron chi connectivity index (χ1n) is 27.0. The molecule has 2 saturated heterocycles. The molecule has 5 N–H and O–H groups in total. The number of amides is 3. The van der Waals surface area contributed by atoms with Gasteiger partial charge in [-0.05, 0) is 189 Å². The Balaban J connectivity index is 0.000000154. The van der Waals surface area contributed by atoms with Gasteiger partial charge in [-0.1, -0.05) is 0 Å². The highest BCUT2D eigenvalue weighted by Crippen LogP contribution is 2.62. The van der Waals surface area contributed by atoms with Gasteiger partial charge in [0.15, 0.2) is 0 Å². The lowest BCUT2D eigenvalue weighted by Gasteiger charge is -2.58. The summed E-state index contributed by atoms with van der Waals surface area (Å²) in [6.07, 6.45) is 22.3. The molecule has 8 aliphatic carbocycles. The summed E-state index contributed by atoms with van der Waals surface area (Å²) in [6, 6.07) is -0.516. The van der Waals surface area contributed by atoms with Gasteiger partial charge < -0.3 is 40.7 Å². The number of carbonyl (C=O) groups is 3. The van der Waals surface area contributed by atoms with Crippen LogP contribution in [0.5, 0.6) is 0 Å². The van der Waals surface area contributed by atoms with Gasteiger partial charge in [0.05, 0.1) is 42.7 Å². The fraction of sp³-hybridized carbons (Fsp3) is 0.792. The third-order valence-corrected chi connectivity index (χ3v) is 18.7. The maximum atomic E-state index is 13.5. The van der Waals surface area contributed by atoms with Crippen molar-refractivity contribution in [1.29, 1.82) is 0 Å². The molecule has 8 saturated carbocycles. The van der Waals surface area contributed by atoms with Crippen LogP contribution < -0.4 is 16.0 Å². The third kappa shape index (κ3) is 9.56. The van der Waals surface area contributed by atoms with Crippen LogP contribution in [0, 0.1) is 46.3 Å². The smallest absolute Gasteiger partial charge is 0.410 e. The van der Waals surface area contributed by atoms with Crippen molar-refractivity contribution >= 4 is 29.5 Å². The van der Waals surface area contributed by atoms with Crippen LogP contribution in [0.1, 0.15) is 146 Å². The van der Waals surface area contributed by atoms with Crippen LogP contribution in [0.25, 0.3) is 0 Å². The van der Waals surface area contributed by atoms with Crippen molar-refractivity contribution in [2.24, 2.45) is 46.3 Å². The number of likely N-dealkylation sites (tertiary alicyclic amines) is 1. The summed E-state index contributed by atoms with van der Waals surface area (Å²) in [6.45, 7) is 10.3. The van der Waals surface area contributed by atoms with Crippen LogP contribution in [0.3, 0.4) is 0 Å². The lowest BCUT2D eigenvalue weighted by atomic mass is 9.48. The molecule has 2 aromatic heterocycles. The second-order valence-corrected chi connectivity index (χ2v) is 24.6. The molecule has 2 aromatic rings. The van der Waals surface area contributed by atoms with Gasteiger partial charge in [-0.2, -0.15) is 0 Å². The minimum absolute atomic E-state index is 0.0311. The number of rotatable bonds is 10. The van der Waals surface area contributed by atoms with E-state index in [0.717, 1.165) is 102 Å². The van der Waals surface area contributed by atoms with Gasteiger partial charge in [0.1, 0.15) is 35.9 Å². The van der Waals surface area contributed by atoms with Gasteiger partial charge in [-0.15, -0.1) is 0 Å². The Morgan fingerprint density at radius 2 is 1.14 bits per heavy atom. The summed E-state index contributed by atoms with van der Waals surface area (Å²) in [7, 11) is 0. The van der Waals surface area contributed by atoms with Crippen molar-refractivity contribution in [1.82, 2.24) is 40.0 Å². The van der Waals surface area contributed by atoms with Gasteiger partial charge in [-0.25, -0.2) is 24.7 Å². The molecule has 12 aliphatic rings. The van der Waals surface area contributed by atoms with E-state index in [-0.39, 0.29) is 40.9 Å². The Kier molecular flexibility index (Phi) is 12.9. The Morgan fingerprint density at radius 1 is 0.681 bits per heavy atom. The number of hydrogen-bond donors (Lipinski definition) is 5. The second-order valence-electron chi connectivity index (χ2n) is 24.6. The number of anilines is 2. The first-order chi connectivity index (χ1) is 33.2. The molecule has 0 radical (unpaired) electrons. The number of aliphatic hydroxyl groups excluding tert-OH is 2. The summed E-state index contributed by atoms with van der Waals surface area (Å²) in [5, 5.41) is 32.9. The molecular formula is C53H78N10O6. The predicted octanol–water partition coefficient (Wildman–Crippen LogP) is 5.85.